The third-order valence-electron chi connectivity index (χ3n) is 1.75. The van der Waals surface area contributed by atoms with E-state index < -0.39 is 5.97 Å². The third kappa shape index (κ3) is 4.27. The average molecular weight is 224 g/mol. The fourth-order valence-electron chi connectivity index (χ4n) is 1.06. The molecule has 0 spiro atoms. The number of hydrogen-bond acceptors (Lipinski definition) is 5. The number of rotatable bonds is 5. The molecule has 0 aliphatic heterocycles. The Morgan fingerprint density at radius 3 is 2.81 bits per heavy atom. The van der Waals surface area contributed by atoms with Gasteiger partial charge in [-0.25, -0.2) is 9.78 Å². The molecule has 5 heteroatoms. The molecule has 88 valence electrons. The highest BCUT2D eigenvalue weighted by Crippen LogP contribution is 2.02. The summed E-state index contributed by atoms with van der Waals surface area (Å²) < 4.78 is 10.2. The number of nitrogens with zero attached hydrogens (tertiary/aromatic N) is 1. The summed E-state index contributed by atoms with van der Waals surface area (Å²) in [7, 11) is 0. The number of pyridine rings is 1. The van der Waals surface area contributed by atoms with E-state index in [1.807, 2.05) is 13.8 Å². The first-order chi connectivity index (χ1) is 7.59. The fraction of sp³-hybridized carbons (Fsp3) is 0.455. The Labute approximate surface area is 94.6 Å². The number of nitrogen functional groups attached to an aromatic ring is 1. The van der Waals surface area contributed by atoms with E-state index >= 15 is 0 Å². The summed E-state index contributed by atoms with van der Waals surface area (Å²) in [6.07, 6.45) is 0.129. The molecule has 1 rings (SSSR count). The summed E-state index contributed by atoms with van der Waals surface area (Å²) in [6.45, 7) is 4.43. The van der Waals surface area contributed by atoms with E-state index in [1.165, 1.54) is 0 Å². The van der Waals surface area contributed by atoms with Gasteiger partial charge in [-0.15, -0.1) is 0 Å². The Hall–Kier alpha value is -1.62. The number of hydrogen-bond donors (Lipinski definition) is 1. The van der Waals surface area contributed by atoms with Crippen molar-refractivity contribution in [2.24, 2.45) is 0 Å². The molecule has 0 aliphatic rings. The third-order valence-corrected chi connectivity index (χ3v) is 1.75. The van der Waals surface area contributed by atoms with E-state index in [-0.39, 0.29) is 18.4 Å². The fourth-order valence-corrected chi connectivity index (χ4v) is 1.06. The molecule has 0 bridgehead atoms. The molecule has 0 unspecified atom stereocenters. The number of carbonyl (C=O) groups excluding carboxylic acids is 1. The Morgan fingerprint density at radius 1 is 1.44 bits per heavy atom. The lowest BCUT2D eigenvalue weighted by atomic mass is 10.3. The summed E-state index contributed by atoms with van der Waals surface area (Å²) >= 11 is 0. The van der Waals surface area contributed by atoms with Gasteiger partial charge in [-0.2, -0.15) is 0 Å². The van der Waals surface area contributed by atoms with Crippen molar-refractivity contribution in [2.45, 2.75) is 20.0 Å². The summed E-state index contributed by atoms with van der Waals surface area (Å²) in [4.78, 5) is 15.3. The molecule has 16 heavy (non-hydrogen) atoms. The number of esters is 1. The second kappa shape index (κ2) is 6.07. The molecule has 1 heterocycles. The van der Waals surface area contributed by atoms with Gasteiger partial charge in [-0.1, -0.05) is 6.07 Å². The van der Waals surface area contributed by atoms with Gasteiger partial charge >= 0.3 is 5.97 Å². The van der Waals surface area contributed by atoms with Crippen LogP contribution in [0.4, 0.5) is 5.82 Å². The monoisotopic (exact) mass is 224 g/mol. The number of aromatic nitrogens is 1. The Bertz CT molecular complexity index is 353. The zero-order valence-electron chi connectivity index (χ0n) is 9.47. The van der Waals surface area contributed by atoms with E-state index in [0.717, 1.165) is 0 Å². The van der Waals surface area contributed by atoms with E-state index in [1.54, 1.807) is 18.2 Å². The van der Waals surface area contributed by atoms with E-state index in [4.69, 9.17) is 15.2 Å². The minimum Gasteiger partial charge on any atom is -0.459 e. The summed E-state index contributed by atoms with van der Waals surface area (Å²) in [5, 5.41) is 0. The Morgan fingerprint density at radius 2 is 2.19 bits per heavy atom. The van der Waals surface area contributed by atoms with Gasteiger partial charge in [0.1, 0.15) is 12.4 Å². The molecule has 2 N–H and O–H groups in total. The van der Waals surface area contributed by atoms with Gasteiger partial charge < -0.3 is 15.2 Å². The van der Waals surface area contributed by atoms with Crippen LogP contribution >= 0.6 is 0 Å². The summed E-state index contributed by atoms with van der Waals surface area (Å²) in [5.41, 5.74) is 5.66. The maximum absolute atomic E-state index is 11.4. The highest BCUT2D eigenvalue weighted by molar-refractivity contribution is 5.87. The minimum atomic E-state index is -0.486. The zero-order chi connectivity index (χ0) is 12.0. The first-order valence-corrected chi connectivity index (χ1v) is 5.11. The molecule has 0 aromatic carbocycles. The van der Waals surface area contributed by atoms with E-state index in [0.29, 0.717) is 12.4 Å². The second-order valence-electron chi connectivity index (χ2n) is 3.50. The highest BCUT2D eigenvalue weighted by Gasteiger charge is 2.08. The first kappa shape index (κ1) is 12.4. The van der Waals surface area contributed by atoms with Gasteiger partial charge in [0, 0.05) is 0 Å². The highest BCUT2D eigenvalue weighted by atomic mass is 16.6. The van der Waals surface area contributed by atoms with E-state index in [2.05, 4.69) is 4.98 Å². The minimum absolute atomic E-state index is 0.129. The van der Waals surface area contributed by atoms with Gasteiger partial charge in [-0.05, 0) is 26.0 Å². The molecule has 0 atom stereocenters. The quantitative estimate of drug-likeness (QED) is 0.601. The predicted molar refractivity (Wildman–Crippen MR) is 60.0 cm³/mol. The van der Waals surface area contributed by atoms with Crippen molar-refractivity contribution in [3.05, 3.63) is 23.9 Å². The van der Waals surface area contributed by atoms with Crippen LogP contribution in [0.3, 0.4) is 0 Å². The number of carbonyl (C=O) groups is 1. The Kier molecular flexibility index (Phi) is 4.72. The lowest BCUT2D eigenvalue weighted by molar-refractivity contribution is 0.0173. The van der Waals surface area contributed by atoms with Gasteiger partial charge in [0.15, 0.2) is 5.69 Å². The Balaban J connectivity index is 2.35. The predicted octanol–water partition coefficient (Wildman–Crippen LogP) is 1.25. The zero-order valence-corrected chi connectivity index (χ0v) is 9.47. The summed E-state index contributed by atoms with van der Waals surface area (Å²) in [6, 6.07) is 4.82. The second-order valence-corrected chi connectivity index (χ2v) is 3.50. The maximum Gasteiger partial charge on any atom is 0.357 e. The van der Waals surface area contributed by atoms with Crippen molar-refractivity contribution in [2.75, 3.05) is 18.9 Å². The topological polar surface area (TPSA) is 74.4 Å². The SMILES string of the molecule is CC(C)OCCOC(=O)c1cccc(N)n1. The van der Waals surface area contributed by atoms with Gasteiger partial charge in [0.05, 0.1) is 12.7 Å². The largest absolute Gasteiger partial charge is 0.459 e. The van der Waals surface area contributed by atoms with Crippen molar-refractivity contribution in [3.8, 4) is 0 Å². The molecule has 0 saturated heterocycles. The number of anilines is 1. The lowest BCUT2D eigenvalue weighted by Crippen LogP contribution is -2.14. The molecular weight excluding hydrogens is 208 g/mol. The average Bonchev–Trinajstić information content (AvgIpc) is 2.24. The van der Waals surface area contributed by atoms with Crippen LogP contribution in [0.25, 0.3) is 0 Å². The van der Waals surface area contributed by atoms with Crippen LogP contribution in [0.15, 0.2) is 18.2 Å². The van der Waals surface area contributed by atoms with Crippen molar-refractivity contribution < 1.29 is 14.3 Å². The number of ether oxygens (including phenoxy) is 2. The van der Waals surface area contributed by atoms with Crippen molar-refractivity contribution in [1.82, 2.24) is 4.98 Å². The molecule has 0 amide bonds. The van der Waals surface area contributed by atoms with Crippen molar-refractivity contribution in [1.29, 1.82) is 0 Å². The van der Waals surface area contributed by atoms with Gasteiger partial charge in [0.2, 0.25) is 0 Å². The molecule has 0 fully saturated rings. The van der Waals surface area contributed by atoms with Gasteiger partial charge in [-0.3, -0.25) is 0 Å². The first-order valence-electron chi connectivity index (χ1n) is 5.11. The van der Waals surface area contributed by atoms with Gasteiger partial charge in [0.25, 0.3) is 0 Å². The molecule has 1 aromatic heterocycles. The molecular formula is C11H16N2O3. The van der Waals surface area contributed by atoms with Crippen molar-refractivity contribution in [3.63, 3.8) is 0 Å². The summed E-state index contributed by atoms with van der Waals surface area (Å²) in [5.74, 6) is -0.187. The van der Waals surface area contributed by atoms with Crippen LogP contribution in [0.5, 0.6) is 0 Å². The molecule has 0 aliphatic carbocycles. The van der Waals surface area contributed by atoms with Crippen molar-refractivity contribution >= 4 is 11.8 Å². The van der Waals surface area contributed by atoms with Crippen LogP contribution in [0.1, 0.15) is 24.3 Å². The van der Waals surface area contributed by atoms with Crippen LogP contribution in [0.2, 0.25) is 0 Å². The standard InChI is InChI=1S/C11H16N2O3/c1-8(2)15-6-7-16-11(14)9-4-3-5-10(12)13-9/h3-5,8H,6-7H2,1-2H3,(H2,12,13). The molecule has 5 nitrogen and oxygen atoms in total. The van der Waals surface area contributed by atoms with Crippen LogP contribution in [-0.2, 0) is 9.47 Å². The number of nitrogens with two attached hydrogens (primary N) is 1. The maximum atomic E-state index is 11.4. The molecule has 1 aromatic rings. The van der Waals surface area contributed by atoms with Crippen LogP contribution < -0.4 is 5.73 Å². The lowest BCUT2D eigenvalue weighted by Gasteiger charge is -2.08. The molecule has 0 saturated carbocycles. The van der Waals surface area contributed by atoms with Crippen LogP contribution in [0, 0.1) is 0 Å². The van der Waals surface area contributed by atoms with Crippen LogP contribution in [-0.4, -0.2) is 30.3 Å². The molecule has 0 radical (unpaired) electrons. The van der Waals surface area contributed by atoms with E-state index in [9.17, 15) is 4.79 Å². The smallest absolute Gasteiger partial charge is 0.357 e. The normalized spacial score (nSPS) is 10.4.